The van der Waals surface area contributed by atoms with Gasteiger partial charge in [-0.1, -0.05) is 32.9 Å². The van der Waals surface area contributed by atoms with E-state index in [0.29, 0.717) is 18.0 Å². The number of aryl methyl sites for hydroxylation is 1. The molecular weight excluding hydrogens is 306 g/mol. The van der Waals surface area contributed by atoms with Gasteiger partial charge in [0, 0.05) is 6.54 Å². The topological polar surface area (TPSA) is 79.5 Å². The molecule has 1 aromatic carbocycles. The van der Waals surface area contributed by atoms with Crippen molar-refractivity contribution in [3.05, 3.63) is 23.8 Å². The first-order valence-electron chi connectivity index (χ1n) is 7.97. The summed E-state index contributed by atoms with van der Waals surface area (Å²) >= 11 is 0. The Hall–Kier alpha value is -2.24. The van der Waals surface area contributed by atoms with Crippen LogP contribution in [-0.4, -0.2) is 31.1 Å². The molecule has 0 aliphatic heterocycles. The highest BCUT2D eigenvalue weighted by Gasteiger charge is 2.30. The average molecular weight is 335 g/mol. The van der Waals surface area contributed by atoms with Gasteiger partial charge >= 0.3 is 6.03 Å². The lowest BCUT2D eigenvalue weighted by atomic mass is 9.96. The van der Waals surface area contributed by atoms with E-state index in [4.69, 9.17) is 4.74 Å². The maximum Gasteiger partial charge on any atom is 0.320 e. The monoisotopic (exact) mass is 335 g/mol. The number of amides is 3. The van der Waals surface area contributed by atoms with Gasteiger partial charge in [-0.25, -0.2) is 4.79 Å². The lowest BCUT2D eigenvalue weighted by Gasteiger charge is -2.28. The summed E-state index contributed by atoms with van der Waals surface area (Å²) in [5.41, 5.74) is 0.399. The van der Waals surface area contributed by atoms with E-state index in [-0.39, 0.29) is 11.3 Å². The van der Waals surface area contributed by atoms with Crippen LogP contribution < -0.4 is 20.7 Å². The summed E-state index contributed by atoms with van der Waals surface area (Å²) < 4.78 is 5.26. The van der Waals surface area contributed by atoms with Gasteiger partial charge in [0.2, 0.25) is 5.91 Å². The second-order valence-corrected chi connectivity index (χ2v) is 7.60. The Bertz CT molecular complexity index is 604. The largest absolute Gasteiger partial charge is 0.495 e. The van der Waals surface area contributed by atoms with Crippen molar-refractivity contribution in [2.24, 2.45) is 5.41 Å². The van der Waals surface area contributed by atoms with Crippen molar-refractivity contribution in [2.45, 2.75) is 47.1 Å². The van der Waals surface area contributed by atoms with Crippen molar-refractivity contribution >= 4 is 17.6 Å². The molecule has 0 atom stereocenters. The summed E-state index contributed by atoms with van der Waals surface area (Å²) in [6.07, 6.45) is 0. The zero-order valence-electron chi connectivity index (χ0n) is 15.7. The smallest absolute Gasteiger partial charge is 0.320 e. The van der Waals surface area contributed by atoms with E-state index >= 15 is 0 Å². The summed E-state index contributed by atoms with van der Waals surface area (Å²) in [4.78, 5) is 24.6. The molecule has 0 bridgehead atoms. The minimum Gasteiger partial charge on any atom is -0.495 e. The predicted molar refractivity (Wildman–Crippen MR) is 96.4 cm³/mol. The maximum atomic E-state index is 12.3. The molecule has 6 nitrogen and oxygen atoms in total. The number of urea groups is 1. The van der Waals surface area contributed by atoms with Crippen molar-refractivity contribution in [1.82, 2.24) is 10.6 Å². The molecule has 0 saturated carbocycles. The van der Waals surface area contributed by atoms with E-state index < -0.39 is 11.6 Å². The van der Waals surface area contributed by atoms with Crippen LogP contribution in [0.15, 0.2) is 18.2 Å². The van der Waals surface area contributed by atoms with Crippen LogP contribution in [-0.2, 0) is 4.79 Å². The third kappa shape index (κ3) is 5.76. The molecule has 0 heterocycles. The highest BCUT2D eigenvalue weighted by Crippen LogP contribution is 2.27. The molecule has 134 valence electrons. The molecule has 0 aromatic heterocycles. The minimum absolute atomic E-state index is 0.0253. The number of rotatable bonds is 5. The summed E-state index contributed by atoms with van der Waals surface area (Å²) in [6, 6.07) is 5.03. The lowest BCUT2D eigenvalue weighted by molar-refractivity contribution is -0.126. The summed E-state index contributed by atoms with van der Waals surface area (Å²) in [5, 5.41) is 8.32. The summed E-state index contributed by atoms with van der Waals surface area (Å²) in [6.45, 7) is 11.8. The Morgan fingerprint density at radius 2 is 1.75 bits per heavy atom. The molecule has 0 fully saturated rings. The number of benzene rings is 1. The molecule has 0 spiro atoms. The Kier molecular flexibility index (Phi) is 6.23. The van der Waals surface area contributed by atoms with Crippen LogP contribution in [0, 0.1) is 12.3 Å². The molecule has 0 aliphatic carbocycles. The van der Waals surface area contributed by atoms with Gasteiger partial charge in [0.05, 0.1) is 12.8 Å². The van der Waals surface area contributed by atoms with Crippen LogP contribution >= 0.6 is 0 Å². The highest BCUT2D eigenvalue weighted by atomic mass is 16.5. The van der Waals surface area contributed by atoms with Gasteiger partial charge in [-0.05, 0) is 37.8 Å². The first-order valence-corrected chi connectivity index (χ1v) is 7.97. The van der Waals surface area contributed by atoms with Gasteiger partial charge in [-0.3, -0.25) is 4.79 Å². The van der Waals surface area contributed by atoms with Gasteiger partial charge in [0.1, 0.15) is 11.3 Å². The highest BCUT2D eigenvalue weighted by molar-refractivity contribution is 5.96. The predicted octanol–water partition coefficient (Wildman–Crippen LogP) is 3.07. The fourth-order valence-corrected chi connectivity index (χ4v) is 2.02. The first-order chi connectivity index (χ1) is 11.0. The van der Waals surface area contributed by atoms with Crippen LogP contribution in [0.2, 0.25) is 0 Å². The standard InChI is InChI=1S/C18H29N3O3/c1-12-9-8-10-13(24-7)14(12)20-16(23)21-18(5,6)15(22)19-11-17(2,3)4/h8-10H,11H2,1-7H3,(H,19,22)(H2,20,21,23). The maximum absolute atomic E-state index is 12.3. The van der Waals surface area contributed by atoms with Crippen LogP contribution in [0.25, 0.3) is 0 Å². The normalized spacial score (nSPS) is 11.6. The van der Waals surface area contributed by atoms with Gasteiger partial charge in [0.25, 0.3) is 0 Å². The van der Waals surface area contributed by atoms with Gasteiger partial charge in [0.15, 0.2) is 0 Å². The van der Waals surface area contributed by atoms with Crippen molar-refractivity contribution in [2.75, 3.05) is 19.0 Å². The van der Waals surface area contributed by atoms with Gasteiger partial charge in [-0.15, -0.1) is 0 Å². The van der Waals surface area contributed by atoms with Crippen molar-refractivity contribution in [3.8, 4) is 5.75 Å². The third-order valence-corrected chi connectivity index (χ3v) is 3.47. The summed E-state index contributed by atoms with van der Waals surface area (Å²) in [7, 11) is 1.54. The van der Waals surface area contributed by atoms with E-state index in [1.54, 1.807) is 27.0 Å². The molecule has 1 rings (SSSR count). The van der Waals surface area contributed by atoms with Crippen molar-refractivity contribution < 1.29 is 14.3 Å². The first kappa shape index (κ1) is 19.8. The number of methoxy groups -OCH3 is 1. The van der Waals surface area contributed by atoms with Crippen LogP contribution in [0.4, 0.5) is 10.5 Å². The van der Waals surface area contributed by atoms with E-state index in [1.807, 2.05) is 39.8 Å². The molecule has 1 aromatic rings. The van der Waals surface area contributed by atoms with Gasteiger partial charge < -0.3 is 20.7 Å². The van der Waals surface area contributed by atoms with Crippen molar-refractivity contribution in [1.29, 1.82) is 0 Å². The molecule has 3 amide bonds. The zero-order chi connectivity index (χ0) is 18.5. The molecule has 3 N–H and O–H groups in total. The Balaban J connectivity index is 2.75. The number of carbonyl (C=O) groups excluding carboxylic acids is 2. The van der Waals surface area contributed by atoms with Crippen molar-refractivity contribution in [3.63, 3.8) is 0 Å². The third-order valence-electron chi connectivity index (χ3n) is 3.47. The van der Waals surface area contributed by atoms with E-state index in [9.17, 15) is 9.59 Å². The Morgan fingerprint density at radius 3 is 2.29 bits per heavy atom. The number of hydrogen-bond acceptors (Lipinski definition) is 3. The average Bonchev–Trinajstić information content (AvgIpc) is 2.45. The van der Waals surface area contributed by atoms with E-state index in [0.717, 1.165) is 5.56 Å². The molecule has 6 heteroatoms. The molecule has 0 radical (unpaired) electrons. The Labute approximate surface area is 144 Å². The second-order valence-electron chi connectivity index (χ2n) is 7.60. The molecule has 0 saturated heterocycles. The van der Waals surface area contributed by atoms with Crippen LogP contribution in [0.1, 0.15) is 40.2 Å². The minimum atomic E-state index is -1.04. The number of anilines is 1. The second kappa shape index (κ2) is 7.55. The number of para-hydroxylation sites is 1. The fourth-order valence-electron chi connectivity index (χ4n) is 2.02. The molecule has 0 aliphatic rings. The van der Waals surface area contributed by atoms with Crippen LogP contribution in [0.3, 0.4) is 0 Å². The van der Waals surface area contributed by atoms with Gasteiger partial charge in [-0.2, -0.15) is 0 Å². The SMILES string of the molecule is COc1cccc(C)c1NC(=O)NC(C)(C)C(=O)NCC(C)(C)C. The van der Waals surface area contributed by atoms with Crippen LogP contribution in [0.5, 0.6) is 5.75 Å². The quantitative estimate of drug-likeness (QED) is 0.774. The van der Waals surface area contributed by atoms with E-state index in [1.165, 1.54) is 0 Å². The number of nitrogens with one attached hydrogen (secondary N) is 3. The lowest BCUT2D eigenvalue weighted by Crippen LogP contribution is -2.56. The Morgan fingerprint density at radius 1 is 1.12 bits per heavy atom. The number of ether oxygens (including phenoxy) is 1. The number of carbonyl (C=O) groups is 2. The molecule has 24 heavy (non-hydrogen) atoms. The molecule has 0 unspecified atom stereocenters. The molecular formula is C18H29N3O3. The summed E-state index contributed by atoms with van der Waals surface area (Å²) in [5.74, 6) is 0.337. The van der Waals surface area contributed by atoms with E-state index in [2.05, 4.69) is 16.0 Å². The fraction of sp³-hybridized carbons (Fsp3) is 0.556. The number of hydrogen-bond donors (Lipinski definition) is 3. The zero-order valence-corrected chi connectivity index (χ0v) is 15.7.